The van der Waals surface area contributed by atoms with Crippen LogP contribution in [0.1, 0.15) is 348 Å². The molecular formula is C72H138N2O7P+. The molecule has 9 nitrogen and oxygen atoms in total. The first kappa shape index (κ1) is 80.0. The highest BCUT2D eigenvalue weighted by Crippen LogP contribution is 2.43. The SMILES string of the molecule is CCCCC/C=C\C/C=C\CCCCCCCCCCCCCCCCCCCC(=O)NC(COP(=O)(O)OCC[N+](C)(C)C)C(/C=C\CCCCCCCCCCCC)OC(=O)CCCCCCCCC/C=C/CCCCCCCC. The Bertz CT molecular complexity index is 1540. The third-order valence-corrected chi connectivity index (χ3v) is 17.0. The summed E-state index contributed by atoms with van der Waals surface area (Å²) >= 11 is 0. The largest absolute Gasteiger partial charge is 0.472 e. The van der Waals surface area contributed by atoms with E-state index in [4.69, 9.17) is 13.8 Å². The normalized spacial score (nSPS) is 13.8. The van der Waals surface area contributed by atoms with Crippen molar-refractivity contribution in [3.8, 4) is 0 Å². The first-order valence-electron chi connectivity index (χ1n) is 35.5. The fourth-order valence-electron chi connectivity index (χ4n) is 10.5. The molecule has 0 aromatic carbocycles. The van der Waals surface area contributed by atoms with Gasteiger partial charge in [-0.05, 0) is 89.5 Å². The summed E-state index contributed by atoms with van der Waals surface area (Å²) in [5.41, 5.74) is 0. The molecule has 0 aliphatic carbocycles. The number of phosphoric ester groups is 1. The standard InChI is InChI=1S/C72H137N2O7P/c1-7-10-13-16-19-22-25-28-30-32-33-34-35-36-37-38-39-40-41-43-44-46-49-52-55-58-61-64-71(75)73-69(68-80-82(77,78)79-67-66-74(4,5)6)70(63-60-57-54-51-48-27-24-21-18-15-12-9-3)81-72(76)65-62-59-56-53-50-47-45-42-31-29-26-23-20-17-14-11-8-2/h19,22,28-31,60,63,69-70H,7-18,20-21,23-27,32-59,61-62,64-68H2,1-6H3,(H-,73,75,77,78)/p+1/b22-19-,30-28-,31-29+,63-60-. The second-order valence-corrected chi connectivity index (χ2v) is 26.9. The number of allylic oxidation sites excluding steroid dienone is 7. The van der Waals surface area contributed by atoms with Gasteiger partial charge in [-0.2, -0.15) is 0 Å². The number of rotatable bonds is 65. The van der Waals surface area contributed by atoms with Crippen molar-refractivity contribution in [1.29, 1.82) is 0 Å². The van der Waals surface area contributed by atoms with Gasteiger partial charge in [0.1, 0.15) is 19.3 Å². The monoisotopic (exact) mass is 1170 g/mol. The van der Waals surface area contributed by atoms with Crippen LogP contribution in [0.25, 0.3) is 0 Å². The number of hydrogen-bond acceptors (Lipinski definition) is 6. The number of carbonyl (C=O) groups excluding carboxylic acids is 2. The highest BCUT2D eigenvalue weighted by atomic mass is 31.2. The molecule has 0 aliphatic rings. The highest BCUT2D eigenvalue weighted by Gasteiger charge is 2.30. The molecule has 0 fully saturated rings. The van der Waals surface area contributed by atoms with Gasteiger partial charge in [-0.15, -0.1) is 0 Å². The molecule has 3 atom stereocenters. The maximum absolute atomic E-state index is 13.6. The molecule has 0 bridgehead atoms. The Labute approximate surface area is 509 Å². The van der Waals surface area contributed by atoms with Crippen LogP contribution in [0, 0.1) is 0 Å². The zero-order chi connectivity index (χ0) is 60.0. The van der Waals surface area contributed by atoms with E-state index in [1.54, 1.807) is 0 Å². The summed E-state index contributed by atoms with van der Waals surface area (Å²) in [6, 6.07) is -0.848. The van der Waals surface area contributed by atoms with Crippen LogP contribution in [0.5, 0.6) is 0 Å². The summed E-state index contributed by atoms with van der Waals surface area (Å²) in [6.07, 6.45) is 78.4. The zero-order valence-corrected chi connectivity index (χ0v) is 56.1. The minimum Gasteiger partial charge on any atom is -0.456 e. The van der Waals surface area contributed by atoms with Gasteiger partial charge in [0.05, 0.1) is 33.8 Å². The number of nitrogens with zero attached hydrogens (tertiary/aromatic N) is 1. The average Bonchev–Trinajstić information content (AvgIpc) is 3.47. The average molecular weight is 1170 g/mol. The molecule has 0 heterocycles. The smallest absolute Gasteiger partial charge is 0.456 e. The predicted molar refractivity (Wildman–Crippen MR) is 355 cm³/mol. The zero-order valence-electron chi connectivity index (χ0n) is 55.2. The minimum absolute atomic E-state index is 0.0412. The van der Waals surface area contributed by atoms with Crippen LogP contribution in [-0.4, -0.2) is 74.3 Å². The molecule has 10 heteroatoms. The quantitative estimate of drug-likeness (QED) is 0.0205. The number of ether oxygens (including phenoxy) is 1. The Morgan fingerprint density at radius 2 is 0.744 bits per heavy atom. The fraction of sp³-hybridized carbons (Fsp3) is 0.861. The van der Waals surface area contributed by atoms with Crippen molar-refractivity contribution in [2.45, 2.75) is 360 Å². The third kappa shape index (κ3) is 62.5. The number of phosphoric acid groups is 1. The maximum Gasteiger partial charge on any atom is 0.472 e. The van der Waals surface area contributed by atoms with Crippen molar-refractivity contribution in [3.63, 3.8) is 0 Å². The maximum atomic E-state index is 13.6. The molecule has 0 saturated heterocycles. The number of nitrogens with one attached hydrogen (secondary N) is 1. The van der Waals surface area contributed by atoms with Crippen LogP contribution in [0.15, 0.2) is 48.6 Å². The van der Waals surface area contributed by atoms with Gasteiger partial charge < -0.3 is 19.4 Å². The van der Waals surface area contributed by atoms with E-state index in [1.165, 1.54) is 250 Å². The number of hydrogen-bond donors (Lipinski definition) is 2. The number of unbranched alkanes of at least 4 members (excludes halogenated alkanes) is 43. The minimum atomic E-state index is -4.45. The molecule has 0 radical (unpaired) electrons. The Morgan fingerprint density at radius 1 is 0.427 bits per heavy atom. The molecule has 0 spiro atoms. The van der Waals surface area contributed by atoms with Crippen molar-refractivity contribution in [2.24, 2.45) is 0 Å². The van der Waals surface area contributed by atoms with Gasteiger partial charge in [-0.25, -0.2) is 4.57 Å². The lowest BCUT2D eigenvalue weighted by atomic mass is 10.0. The van der Waals surface area contributed by atoms with E-state index in [0.717, 1.165) is 64.2 Å². The van der Waals surface area contributed by atoms with Gasteiger partial charge in [0.15, 0.2) is 0 Å². The first-order valence-corrected chi connectivity index (χ1v) is 37.0. The molecule has 0 aromatic heterocycles. The van der Waals surface area contributed by atoms with Crippen LogP contribution in [0.2, 0.25) is 0 Å². The number of carbonyl (C=O) groups is 2. The molecule has 0 aliphatic heterocycles. The topological polar surface area (TPSA) is 111 Å². The van der Waals surface area contributed by atoms with E-state index in [1.807, 2.05) is 33.3 Å². The molecule has 482 valence electrons. The van der Waals surface area contributed by atoms with Crippen LogP contribution in [0.3, 0.4) is 0 Å². The van der Waals surface area contributed by atoms with Gasteiger partial charge >= 0.3 is 13.8 Å². The van der Waals surface area contributed by atoms with Gasteiger partial charge in [0.2, 0.25) is 5.91 Å². The van der Waals surface area contributed by atoms with E-state index in [9.17, 15) is 19.0 Å². The lowest BCUT2D eigenvalue weighted by Crippen LogP contribution is -2.47. The van der Waals surface area contributed by atoms with Gasteiger partial charge in [0.25, 0.3) is 0 Å². The van der Waals surface area contributed by atoms with Gasteiger partial charge in [-0.3, -0.25) is 18.6 Å². The van der Waals surface area contributed by atoms with Crippen molar-refractivity contribution in [3.05, 3.63) is 48.6 Å². The van der Waals surface area contributed by atoms with E-state index >= 15 is 0 Å². The number of quaternary nitrogens is 1. The number of amides is 1. The molecular weight excluding hydrogens is 1040 g/mol. The Morgan fingerprint density at radius 3 is 1.13 bits per heavy atom. The van der Waals surface area contributed by atoms with Gasteiger partial charge in [-0.1, -0.05) is 294 Å². The van der Waals surface area contributed by atoms with Crippen molar-refractivity contribution in [1.82, 2.24) is 5.32 Å². The molecule has 0 saturated carbocycles. The molecule has 1 amide bonds. The van der Waals surface area contributed by atoms with E-state index in [2.05, 4.69) is 62.5 Å². The lowest BCUT2D eigenvalue weighted by molar-refractivity contribution is -0.870. The van der Waals surface area contributed by atoms with Crippen molar-refractivity contribution >= 4 is 19.7 Å². The lowest BCUT2D eigenvalue weighted by Gasteiger charge is -2.27. The summed E-state index contributed by atoms with van der Waals surface area (Å²) in [6.45, 7) is 7.03. The summed E-state index contributed by atoms with van der Waals surface area (Å²) in [4.78, 5) is 37.9. The van der Waals surface area contributed by atoms with Crippen LogP contribution < -0.4 is 5.32 Å². The predicted octanol–water partition coefficient (Wildman–Crippen LogP) is 22.4. The number of likely N-dealkylation sites (N-methyl/N-ethyl adjacent to an activating group) is 1. The van der Waals surface area contributed by atoms with E-state index in [0.29, 0.717) is 17.4 Å². The van der Waals surface area contributed by atoms with Crippen LogP contribution in [0.4, 0.5) is 0 Å². The molecule has 0 aromatic rings. The Balaban J connectivity index is 4.99. The number of esters is 1. The summed E-state index contributed by atoms with van der Waals surface area (Å²) < 4.78 is 30.8. The second kappa shape index (κ2) is 62.0. The highest BCUT2D eigenvalue weighted by molar-refractivity contribution is 7.47. The first-order chi connectivity index (χ1) is 39.9. The Kier molecular flexibility index (Phi) is 60.5. The summed E-state index contributed by atoms with van der Waals surface area (Å²) in [5.74, 6) is -0.495. The summed E-state index contributed by atoms with van der Waals surface area (Å²) in [7, 11) is 1.51. The third-order valence-electron chi connectivity index (χ3n) is 16.0. The molecule has 3 unspecified atom stereocenters. The second-order valence-electron chi connectivity index (χ2n) is 25.4. The van der Waals surface area contributed by atoms with E-state index < -0.39 is 20.0 Å². The molecule has 0 rings (SSSR count). The van der Waals surface area contributed by atoms with Crippen molar-refractivity contribution in [2.75, 3.05) is 40.9 Å². The molecule has 2 N–H and O–H groups in total. The van der Waals surface area contributed by atoms with Gasteiger partial charge in [0, 0.05) is 12.8 Å². The van der Waals surface area contributed by atoms with Crippen LogP contribution >= 0.6 is 7.82 Å². The fourth-order valence-corrected chi connectivity index (χ4v) is 11.2. The van der Waals surface area contributed by atoms with Crippen molar-refractivity contribution < 1.29 is 37.3 Å². The Hall–Kier alpha value is -2.03. The van der Waals surface area contributed by atoms with Crippen LogP contribution in [-0.2, 0) is 27.9 Å². The summed E-state index contributed by atoms with van der Waals surface area (Å²) in [5, 5.41) is 3.07. The van der Waals surface area contributed by atoms with E-state index in [-0.39, 0.29) is 31.5 Å². The molecule has 82 heavy (non-hydrogen) atoms.